The van der Waals surface area contributed by atoms with Crippen molar-refractivity contribution in [2.75, 3.05) is 46.9 Å². The molecule has 0 saturated carbocycles. The van der Waals surface area contributed by atoms with Crippen LogP contribution in [0.2, 0.25) is 0 Å². The van der Waals surface area contributed by atoms with E-state index in [2.05, 4.69) is 10.1 Å². The van der Waals surface area contributed by atoms with Crippen LogP contribution >= 0.6 is 0 Å². The second-order valence-electron chi connectivity index (χ2n) is 5.38. The van der Waals surface area contributed by atoms with Crippen LogP contribution in [0.15, 0.2) is 0 Å². The number of carboxylic acid groups (broad SMARTS) is 1. The fraction of sp³-hybridized carbons (Fsp3) is 0.769. The lowest BCUT2D eigenvalue weighted by atomic mass is 10.2. The number of imide groups is 1. The molecule has 0 bridgehead atoms. The summed E-state index contributed by atoms with van der Waals surface area (Å²) in [5, 5.41) is 10.6. The molecule has 2 N–H and O–H groups in total. The van der Waals surface area contributed by atoms with Gasteiger partial charge in [-0.2, -0.15) is 0 Å². The summed E-state index contributed by atoms with van der Waals surface area (Å²) in [7, 11) is 3.80. The molecule has 0 aromatic rings. The predicted molar refractivity (Wildman–Crippen MR) is 77.0 cm³/mol. The van der Waals surface area contributed by atoms with Crippen molar-refractivity contribution in [3.05, 3.63) is 0 Å². The number of nitrogens with one attached hydrogen (secondary N) is 1. The highest BCUT2D eigenvalue weighted by molar-refractivity contribution is 5.95. The molecule has 0 aliphatic carbocycles. The van der Waals surface area contributed by atoms with Crippen molar-refractivity contribution < 1.29 is 24.2 Å². The molecule has 0 aliphatic heterocycles. The van der Waals surface area contributed by atoms with Gasteiger partial charge in [0.25, 0.3) is 5.91 Å². The third kappa shape index (κ3) is 10.7. The largest absolute Gasteiger partial charge is 0.480 e. The van der Waals surface area contributed by atoms with Gasteiger partial charge in [-0.05, 0) is 20.0 Å². The van der Waals surface area contributed by atoms with E-state index in [-0.39, 0.29) is 5.92 Å². The van der Waals surface area contributed by atoms with Crippen molar-refractivity contribution in [3.63, 3.8) is 0 Å². The second-order valence-corrected chi connectivity index (χ2v) is 5.38. The molecule has 3 amide bonds. The molecule has 0 rings (SSSR count). The lowest BCUT2D eigenvalue weighted by molar-refractivity contribution is -0.143. The number of nitrogens with zero attached hydrogens (tertiary/aromatic N) is 2. The van der Waals surface area contributed by atoms with Gasteiger partial charge in [-0.3, -0.25) is 10.1 Å². The maximum Gasteiger partial charge on any atom is 0.329 e. The number of carbonyl (C=O) groups is 3. The van der Waals surface area contributed by atoms with E-state index in [1.54, 1.807) is 4.90 Å². The van der Waals surface area contributed by atoms with Crippen LogP contribution in [0.5, 0.6) is 0 Å². The summed E-state index contributed by atoms with van der Waals surface area (Å²) in [5.74, 6) is -1.54. The van der Waals surface area contributed by atoms with Gasteiger partial charge in [-0.1, -0.05) is 13.8 Å². The fourth-order valence-corrected chi connectivity index (χ4v) is 1.50. The number of amides is 3. The van der Waals surface area contributed by atoms with Crippen LogP contribution in [-0.2, 0) is 14.3 Å². The van der Waals surface area contributed by atoms with Crippen LogP contribution in [0.1, 0.15) is 13.8 Å². The van der Waals surface area contributed by atoms with Crippen LogP contribution in [0.4, 0.5) is 4.79 Å². The molecule has 0 unspecified atom stereocenters. The van der Waals surface area contributed by atoms with Crippen molar-refractivity contribution in [1.82, 2.24) is 15.1 Å². The number of rotatable bonds is 9. The molecule has 0 fully saturated rings. The fourth-order valence-electron chi connectivity index (χ4n) is 1.50. The minimum absolute atomic E-state index is 0.274. The van der Waals surface area contributed by atoms with Gasteiger partial charge in [0.2, 0.25) is 0 Å². The number of aliphatic carboxylic acids is 1. The van der Waals surface area contributed by atoms with E-state index in [1.165, 1.54) is 0 Å². The SMILES string of the molecule is CC(C)CN(CCN(C)C)C(=O)NC(=O)COCC(=O)O. The van der Waals surface area contributed by atoms with Crippen LogP contribution < -0.4 is 5.32 Å². The van der Waals surface area contributed by atoms with Gasteiger partial charge in [0.1, 0.15) is 13.2 Å². The lowest BCUT2D eigenvalue weighted by Crippen LogP contribution is -2.47. The van der Waals surface area contributed by atoms with Crippen molar-refractivity contribution >= 4 is 17.9 Å². The Morgan fingerprint density at radius 3 is 2.24 bits per heavy atom. The Balaban J connectivity index is 4.30. The highest BCUT2D eigenvalue weighted by Crippen LogP contribution is 1.99. The van der Waals surface area contributed by atoms with Crippen molar-refractivity contribution in [1.29, 1.82) is 0 Å². The Kier molecular flexibility index (Phi) is 9.31. The van der Waals surface area contributed by atoms with E-state index < -0.39 is 31.1 Å². The number of carbonyl (C=O) groups excluding carboxylic acids is 2. The second kappa shape index (κ2) is 10.1. The molecule has 0 aliphatic rings. The van der Waals surface area contributed by atoms with E-state index in [0.717, 1.165) is 0 Å². The van der Waals surface area contributed by atoms with E-state index in [4.69, 9.17) is 5.11 Å². The van der Waals surface area contributed by atoms with Gasteiger partial charge in [-0.15, -0.1) is 0 Å². The summed E-state index contributed by atoms with van der Waals surface area (Å²) in [5.41, 5.74) is 0. The Morgan fingerprint density at radius 2 is 1.76 bits per heavy atom. The first-order chi connectivity index (χ1) is 9.72. The summed E-state index contributed by atoms with van der Waals surface area (Å²) in [6.07, 6.45) is 0. The highest BCUT2D eigenvalue weighted by Gasteiger charge is 2.17. The molecule has 0 aromatic carbocycles. The van der Waals surface area contributed by atoms with Gasteiger partial charge in [0.05, 0.1) is 0 Å². The summed E-state index contributed by atoms with van der Waals surface area (Å²) < 4.78 is 4.63. The number of ether oxygens (including phenoxy) is 1. The maximum atomic E-state index is 12.0. The molecule has 8 nitrogen and oxygen atoms in total. The Morgan fingerprint density at radius 1 is 1.14 bits per heavy atom. The lowest BCUT2D eigenvalue weighted by Gasteiger charge is -2.25. The zero-order valence-corrected chi connectivity index (χ0v) is 13.1. The first-order valence-electron chi connectivity index (χ1n) is 6.75. The van der Waals surface area contributed by atoms with Crippen LogP contribution in [0.25, 0.3) is 0 Å². The van der Waals surface area contributed by atoms with Crippen molar-refractivity contribution in [2.45, 2.75) is 13.8 Å². The molecule has 0 atom stereocenters. The molecule has 0 aromatic heterocycles. The normalized spacial score (nSPS) is 10.8. The molecule has 0 radical (unpaired) electrons. The Labute approximate surface area is 125 Å². The smallest absolute Gasteiger partial charge is 0.329 e. The quantitative estimate of drug-likeness (QED) is 0.614. The molecule has 0 heterocycles. The molecular weight excluding hydrogens is 278 g/mol. The van der Waals surface area contributed by atoms with E-state index in [1.807, 2.05) is 32.8 Å². The molecule has 21 heavy (non-hydrogen) atoms. The molecule has 0 spiro atoms. The maximum absolute atomic E-state index is 12.0. The zero-order chi connectivity index (χ0) is 16.4. The van der Waals surface area contributed by atoms with Gasteiger partial charge in [0.15, 0.2) is 0 Å². The summed E-state index contributed by atoms with van der Waals surface area (Å²) in [6, 6.07) is -0.491. The van der Waals surface area contributed by atoms with Crippen molar-refractivity contribution in [3.8, 4) is 0 Å². The predicted octanol–water partition coefficient (Wildman–Crippen LogP) is -0.157. The van der Waals surface area contributed by atoms with Gasteiger partial charge in [0, 0.05) is 19.6 Å². The summed E-state index contributed by atoms with van der Waals surface area (Å²) in [6.45, 7) is 4.65. The molecule has 122 valence electrons. The number of likely N-dealkylation sites (N-methyl/N-ethyl adjacent to an activating group) is 1. The Bertz CT molecular complexity index is 358. The van der Waals surface area contributed by atoms with Crippen molar-refractivity contribution in [2.24, 2.45) is 5.92 Å². The summed E-state index contributed by atoms with van der Waals surface area (Å²) >= 11 is 0. The number of hydrogen-bond acceptors (Lipinski definition) is 5. The topological polar surface area (TPSA) is 99.2 Å². The number of urea groups is 1. The minimum Gasteiger partial charge on any atom is -0.480 e. The molecule has 0 saturated heterocycles. The highest BCUT2D eigenvalue weighted by atomic mass is 16.5. The zero-order valence-electron chi connectivity index (χ0n) is 13.1. The third-order valence-corrected chi connectivity index (χ3v) is 2.39. The van der Waals surface area contributed by atoms with Gasteiger partial charge in [-0.25, -0.2) is 9.59 Å². The van der Waals surface area contributed by atoms with Crippen LogP contribution in [0, 0.1) is 5.92 Å². The standard InChI is InChI=1S/C13H25N3O5/c1-10(2)7-16(6-5-15(3)4)13(20)14-11(17)8-21-9-12(18)19/h10H,5-9H2,1-4H3,(H,18,19)(H,14,17,20). The summed E-state index contributed by atoms with van der Waals surface area (Å²) in [4.78, 5) is 37.2. The monoisotopic (exact) mass is 303 g/mol. The number of hydrogen-bond donors (Lipinski definition) is 2. The third-order valence-electron chi connectivity index (χ3n) is 2.39. The average Bonchev–Trinajstić information content (AvgIpc) is 2.33. The first-order valence-corrected chi connectivity index (χ1v) is 6.75. The minimum atomic E-state index is -1.17. The first kappa shape index (κ1) is 19.3. The van der Waals surface area contributed by atoms with Gasteiger partial charge < -0.3 is 19.6 Å². The van der Waals surface area contributed by atoms with E-state index in [0.29, 0.717) is 19.6 Å². The van der Waals surface area contributed by atoms with Crippen LogP contribution in [0.3, 0.4) is 0 Å². The molecule has 8 heteroatoms. The van der Waals surface area contributed by atoms with E-state index >= 15 is 0 Å². The van der Waals surface area contributed by atoms with Gasteiger partial charge >= 0.3 is 12.0 Å². The van der Waals surface area contributed by atoms with Crippen LogP contribution in [-0.4, -0.2) is 79.8 Å². The average molecular weight is 303 g/mol. The molecular formula is C13H25N3O5. The van der Waals surface area contributed by atoms with E-state index in [9.17, 15) is 14.4 Å². The number of carboxylic acids is 1. The Hall–Kier alpha value is -1.67.